The number of carbonyl (C=O) groups is 2. The first-order valence-electron chi connectivity index (χ1n) is 12.4. The number of rotatable bonds is 9. The van der Waals surface area contributed by atoms with Crippen LogP contribution in [0.5, 0.6) is 0 Å². The van der Waals surface area contributed by atoms with Gasteiger partial charge in [-0.25, -0.2) is 0 Å². The molecule has 1 aliphatic carbocycles. The molecule has 0 unspecified atom stereocenters. The highest BCUT2D eigenvalue weighted by atomic mass is 16.6. The Hall–Kier alpha value is -2.77. The Labute approximate surface area is 202 Å². The summed E-state index contributed by atoms with van der Waals surface area (Å²) in [5, 5.41) is 4.11. The van der Waals surface area contributed by atoms with E-state index in [1.165, 1.54) is 37.0 Å². The van der Waals surface area contributed by atoms with Gasteiger partial charge in [0.15, 0.2) is 0 Å². The Bertz CT molecular complexity index is 958. The van der Waals surface area contributed by atoms with Crippen molar-refractivity contribution in [2.24, 2.45) is 5.92 Å². The summed E-state index contributed by atoms with van der Waals surface area (Å²) in [7, 11) is 3.40. The second kappa shape index (κ2) is 11.6. The van der Waals surface area contributed by atoms with Gasteiger partial charge in [0.05, 0.1) is 6.42 Å². The number of pyridine rings is 1. The van der Waals surface area contributed by atoms with Gasteiger partial charge in [0.2, 0.25) is 11.7 Å². The molecular weight excluding hydrogens is 432 g/mol. The van der Waals surface area contributed by atoms with Gasteiger partial charge in [0.1, 0.15) is 11.3 Å². The summed E-state index contributed by atoms with van der Waals surface area (Å²) >= 11 is 0. The summed E-state index contributed by atoms with van der Waals surface area (Å²) in [4.78, 5) is 35.3. The minimum atomic E-state index is -0.549. The zero-order valence-corrected chi connectivity index (χ0v) is 21.2. The van der Waals surface area contributed by atoms with E-state index in [0.29, 0.717) is 23.0 Å². The van der Waals surface area contributed by atoms with Crippen molar-refractivity contribution in [3.05, 3.63) is 29.8 Å². The first-order valence-corrected chi connectivity index (χ1v) is 12.4. The van der Waals surface area contributed by atoms with Gasteiger partial charge in [0, 0.05) is 31.8 Å². The molecule has 1 aliphatic rings. The van der Waals surface area contributed by atoms with Crippen LogP contribution in [0.4, 0.5) is 0 Å². The van der Waals surface area contributed by atoms with E-state index in [1.54, 1.807) is 32.4 Å². The Morgan fingerprint density at radius 1 is 1.21 bits per heavy atom. The van der Waals surface area contributed by atoms with Gasteiger partial charge in [-0.1, -0.05) is 50.1 Å². The molecule has 0 aliphatic heterocycles. The lowest BCUT2D eigenvalue weighted by Gasteiger charge is -2.23. The summed E-state index contributed by atoms with van der Waals surface area (Å²) in [5.74, 6) is 0.881. The molecule has 8 nitrogen and oxygen atoms in total. The zero-order valence-electron chi connectivity index (χ0n) is 21.2. The van der Waals surface area contributed by atoms with Crippen LogP contribution in [0.2, 0.25) is 0 Å². The molecule has 0 N–H and O–H groups in total. The molecule has 0 saturated heterocycles. The fourth-order valence-corrected chi connectivity index (χ4v) is 4.48. The molecule has 0 bridgehead atoms. The fourth-order valence-electron chi connectivity index (χ4n) is 4.48. The molecule has 0 aromatic carbocycles. The number of aromatic nitrogens is 3. The molecule has 0 spiro atoms. The maximum Gasteiger partial charge on any atom is 0.307 e. The second-order valence-electron chi connectivity index (χ2n) is 10.5. The average molecular weight is 471 g/mol. The first kappa shape index (κ1) is 25.8. The van der Waals surface area contributed by atoms with Crippen molar-refractivity contribution in [2.75, 3.05) is 14.1 Å². The highest BCUT2D eigenvalue weighted by Gasteiger charge is 2.27. The number of esters is 1. The van der Waals surface area contributed by atoms with E-state index in [4.69, 9.17) is 9.26 Å². The number of ether oxygens (including phenoxy) is 1. The third kappa shape index (κ3) is 7.64. The Kier molecular flexibility index (Phi) is 8.80. The lowest BCUT2D eigenvalue weighted by atomic mass is 9.84. The van der Waals surface area contributed by atoms with Gasteiger partial charge in [0.25, 0.3) is 5.91 Å². The number of nitrogens with zero attached hydrogens (tertiary/aromatic N) is 4. The molecule has 2 heterocycles. The van der Waals surface area contributed by atoms with E-state index in [2.05, 4.69) is 15.1 Å². The number of carbonyl (C=O) groups excluding carboxylic acids is 2. The van der Waals surface area contributed by atoms with E-state index in [1.807, 2.05) is 20.8 Å². The lowest BCUT2D eigenvalue weighted by molar-refractivity contribution is -0.155. The predicted octanol–water partition coefficient (Wildman–Crippen LogP) is 5.40. The van der Waals surface area contributed by atoms with Crippen LogP contribution in [0.25, 0.3) is 11.5 Å². The Balaban J connectivity index is 1.74. The van der Waals surface area contributed by atoms with E-state index in [-0.39, 0.29) is 24.2 Å². The van der Waals surface area contributed by atoms with Gasteiger partial charge >= 0.3 is 5.97 Å². The van der Waals surface area contributed by atoms with E-state index < -0.39 is 5.60 Å². The molecule has 0 radical (unpaired) electrons. The van der Waals surface area contributed by atoms with Crippen LogP contribution < -0.4 is 0 Å². The quantitative estimate of drug-likeness (QED) is 0.453. The molecule has 2 aromatic rings. The van der Waals surface area contributed by atoms with E-state index >= 15 is 0 Å². The molecule has 186 valence electrons. The van der Waals surface area contributed by atoms with Crippen LogP contribution >= 0.6 is 0 Å². The summed E-state index contributed by atoms with van der Waals surface area (Å²) in [6, 6.07) is 3.31. The fraction of sp³-hybridized carbons (Fsp3) is 0.654. The standard InChI is InChI=1S/C26H38N4O4/c1-26(2,3)33-22(31)17-19(13-9-12-18-10-7-6-8-11-18)24-28-23(29-34-24)21-16-20(14-15-27-21)25(32)30(4)5/h14-16,18-19H,6-13,17H2,1-5H3/t19-/m1/s1. The smallest absolute Gasteiger partial charge is 0.307 e. The summed E-state index contributed by atoms with van der Waals surface area (Å²) in [5.41, 5.74) is 0.410. The highest BCUT2D eigenvalue weighted by Crippen LogP contribution is 2.32. The topological polar surface area (TPSA) is 98.4 Å². The van der Waals surface area contributed by atoms with Crippen molar-refractivity contribution in [2.45, 2.75) is 90.1 Å². The van der Waals surface area contributed by atoms with Crippen LogP contribution in [0.1, 0.15) is 101 Å². The van der Waals surface area contributed by atoms with Crippen molar-refractivity contribution >= 4 is 11.9 Å². The van der Waals surface area contributed by atoms with Gasteiger partial charge in [-0.3, -0.25) is 14.6 Å². The normalized spacial score (nSPS) is 15.7. The van der Waals surface area contributed by atoms with Crippen molar-refractivity contribution in [1.29, 1.82) is 0 Å². The predicted molar refractivity (Wildman–Crippen MR) is 129 cm³/mol. The largest absolute Gasteiger partial charge is 0.460 e. The maximum atomic E-state index is 12.6. The molecule has 1 fully saturated rings. The highest BCUT2D eigenvalue weighted by molar-refractivity contribution is 5.94. The van der Waals surface area contributed by atoms with Crippen LogP contribution in [0.15, 0.2) is 22.9 Å². The maximum absolute atomic E-state index is 12.6. The molecule has 34 heavy (non-hydrogen) atoms. The minimum Gasteiger partial charge on any atom is -0.460 e. The molecule has 8 heteroatoms. The number of hydrogen-bond donors (Lipinski definition) is 0. The van der Waals surface area contributed by atoms with Gasteiger partial charge < -0.3 is 14.2 Å². The lowest BCUT2D eigenvalue weighted by Crippen LogP contribution is -2.25. The molecule has 2 aromatic heterocycles. The Morgan fingerprint density at radius 3 is 2.62 bits per heavy atom. The monoisotopic (exact) mass is 470 g/mol. The average Bonchev–Trinajstić information content (AvgIpc) is 3.28. The zero-order chi connectivity index (χ0) is 24.7. The molecule has 1 atom stereocenters. The minimum absolute atomic E-state index is 0.127. The van der Waals surface area contributed by atoms with Crippen LogP contribution in [0.3, 0.4) is 0 Å². The second-order valence-corrected chi connectivity index (χ2v) is 10.5. The van der Waals surface area contributed by atoms with E-state index in [0.717, 1.165) is 25.2 Å². The summed E-state index contributed by atoms with van der Waals surface area (Å²) < 4.78 is 11.2. The van der Waals surface area contributed by atoms with E-state index in [9.17, 15) is 9.59 Å². The number of hydrogen-bond acceptors (Lipinski definition) is 7. The van der Waals surface area contributed by atoms with Crippen molar-refractivity contribution in [3.63, 3.8) is 0 Å². The van der Waals surface area contributed by atoms with Gasteiger partial charge in [-0.05, 0) is 45.2 Å². The van der Waals surface area contributed by atoms with Crippen molar-refractivity contribution in [3.8, 4) is 11.5 Å². The molecule has 3 rings (SSSR count). The third-order valence-electron chi connectivity index (χ3n) is 6.16. The number of amides is 1. The molecule has 1 amide bonds. The van der Waals surface area contributed by atoms with Gasteiger partial charge in [-0.15, -0.1) is 0 Å². The summed E-state index contributed by atoms with van der Waals surface area (Å²) in [6.07, 6.45) is 11.3. The summed E-state index contributed by atoms with van der Waals surface area (Å²) in [6.45, 7) is 5.59. The van der Waals surface area contributed by atoms with Crippen molar-refractivity contribution < 1.29 is 18.8 Å². The van der Waals surface area contributed by atoms with Crippen LogP contribution in [-0.4, -0.2) is 51.6 Å². The molecule has 1 saturated carbocycles. The van der Waals surface area contributed by atoms with Crippen LogP contribution in [0, 0.1) is 5.92 Å². The SMILES string of the molecule is CN(C)C(=O)c1ccnc(-c2noc([C@H](CCCC3CCCCC3)CC(=O)OC(C)(C)C)n2)c1. The third-order valence-corrected chi connectivity index (χ3v) is 6.16. The van der Waals surface area contributed by atoms with Crippen LogP contribution in [-0.2, 0) is 9.53 Å². The van der Waals surface area contributed by atoms with Crippen molar-refractivity contribution in [1.82, 2.24) is 20.0 Å². The molecular formula is C26H38N4O4. The first-order chi connectivity index (χ1) is 16.1. The van der Waals surface area contributed by atoms with Gasteiger partial charge in [-0.2, -0.15) is 4.98 Å². The Morgan fingerprint density at radius 2 is 1.94 bits per heavy atom.